The summed E-state index contributed by atoms with van der Waals surface area (Å²) in [5.74, 6) is -0.241. The quantitative estimate of drug-likeness (QED) is 0.730. The number of carbonyl (C=O) groups is 1. The Labute approximate surface area is 141 Å². The van der Waals surface area contributed by atoms with Crippen molar-refractivity contribution in [1.82, 2.24) is 4.90 Å². The van der Waals surface area contributed by atoms with Gasteiger partial charge in [-0.15, -0.1) is 12.4 Å². The van der Waals surface area contributed by atoms with Gasteiger partial charge in [-0.3, -0.25) is 4.90 Å². The molecule has 1 aromatic carbocycles. The monoisotopic (exact) mass is 327 g/mol. The molecule has 0 aliphatic carbocycles. The van der Waals surface area contributed by atoms with Crippen LogP contribution < -0.4 is 0 Å². The van der Waals surface area contributed by atoms with Crippen molar-refractivity contribution in [3.05, 3.63) is 35.4 Å². The van der Waals surface area contributed by atoms with E-state index in [9.17, 15) is 4.79 Å². The van der Waals surface area contributed by atoms with E-state index >= 15 is 0 Å². The Bertz CT molecular complexity index is 447. The Morgan fingerprint density at radius 3 is 2.05 bits per heavy atom. The van der Waals surface area contributed by atoms with Crippen LogP contribution in [-0.2, 0) is 10.2 Å². The zero-order valence-corrected chi connectivity index (χ0v) is 15.5. The van der Waals surface area contributed by atoms with Crippen molar-refractivity contribution in [3.63, 3.8) is 0 Å². The van der Waals surface area contributed by atoms with E-state index in [4.69, 9.17) is 4.74 Å². The molecule has 0 N–H and O–H groups in total. The fourth-order valence-corrected chi connectivity index (χ4v) is 2.34. The second-order valence-corrected chi connectivity index (χ2v) is 6.50. The van der Waals surface area contributed by atoms with E-state index in [0.717, 1.165) is 13.1 Å². The summed E-state index contributed by atoms with van der Waals surface area (Å²) in [5.41, 5.74) is 1.94. The molecule has 0 radical (unpaired) electrons. The number of rotatable bonds is 6. The fraction of sp³-hybridized carbons (Fsp3) is 0.611. The topological polar surface area (TPSA) is 29.5 Å². The Morgan fingerprint density at radius 2 is 1.64 bits per heavy atom. The highest BCUT2D eigenvalue weighted by Gasteiger charge is 2.16. The number of likely N-dealkylation sites (N-methyl/N-ethyl adjacent to an activating group) is 1. The van der Waals surface area contributed by atoms with Gasteiger partial charge in [0.1, 0.15) is 6.61 Å². The Morgan fingerprint density at radius 1 is 1.14 bits per heavy atom. The first-order valence-electron chi connectivity index (χ1n) is 7.81. The summed E-state index contributed by atoms with van der Waals surface area (Å²) in [4.78, 5) is 14.3. The van der Waals surface area contributed by atoms with Gasteiger partial charge < -0.3 is 4.74 Å². The third-order valence-corrected chi connectivity index (χ3v) is 3.88. The van der Waals surface area contributed by atoms with Crippen molar-refractivity contribution in [2.45, 2.75) is 53.0 Å². The van der Waals surface area contributed by atoms with Crippen LogP contribution in [0, 0.1) is 0 Å². The molecule has 1 atom stereocenters. The highest BCUT2D eigenvalue weighted by Crippen LogP contribution is 2.22. The maximum absolute atomic E-state index is 12.1. The number of ether oxygens (including phenoxy) is 1. The molecule has 126 valence electrons. The van der Waals surface area contributed by atoms with Gasteiger partial charge in [0.05, 0.1) is 5.56 Å². The maximum Gasteiger partial charge on any atom is 0.338 e. The average molecular weight is 328 g/mol. The summed E-state index contributed by atoms with van der Waals surface area (Å²) in [7, 11) is 0. The molecule has 0 saturated heterocycles. The van der Waals surface area contributed by atoms with Crippen LogP contribution in [0.1, 0.15) is 57.5 Å². The van der Waals surface area contributed by atoms with E-state index in [-0.39, 0.29) is 29.8 Å². The summed E-state index contributed by atoms with van der Waals surface area (Å²) < 4.78 is 5.42. The van der Waals surface area contributed by atoms with E-state index < -0.39 is 0 Å². The molecule has 0 fully saturated rings. The molecular weight excluding hydrogens is 298 g/mol. The molecular formula is C18H30ClNO2. The lowest BCUT2D eigenvalue weighted by Crippen LogP contribution is -2.36. The molecule has 0 amide bonds. The SMILES string of the molecule is CCN(CC)C(C)COC(=O)c1ccc(C(C)(C)C)cc1.Cl. The van der Waals surface area contributed by atoms with Gasteiger partial charge in [-0.1, -0.05) is 46.8 Å². The van der Waals surface area contributed by atoms with Crippen molar-refractivity contribution >= 4 is 18.4 Å². The molecule has 0 heterocycles. The molecule has 0 spiro atoms. The standard InChI is InChI=1S/C18H29NO2.ClH/c1-7-19(8-2)14(3)13-21-17(20)15-9-11-16(12-10-15)18(4,5)6;/h9-12,14H,7-8,13H2,1-6H3;1H. The Hall–Kier alpha value is -1.06. The first kappa shape index (κ1) is 20.9. The minimum atomic E-state index is -0.241. The number of halogens is 1. The normalized spacial score (nSPS) is 12.7. The van der Waals surface area contributed by atoms with Crippen LogP contribution >= 0.6 is 12.4 Å². The average Bonchev–Trinajstić information content (AvgIpc) is 2.45. The zero-order valence-electron chi connectivity index (χ0n) is 14.7. The van der Waals surface area contributed by atoms with Crippen molar-refractivity contribution in [1.29, 1.82) is 0 Å². The van der Waals surface area contributed by atoms with Crippen molar-refractivity contribution in [2.24, 2.45) is 0 Å². The van der Waals surface area contributed by atoms with Gasteiger partial charge in [-0.2, -0.15) is 0 Å². The van der Waals surface area contributed by atoms with Gasteiger partial charge >= 0.3 is 5.97 Å². The largest absolute Gasteiger partial charge is 0.460 e. The van der Waals surface area contributed by atoms with Crippen molar-refractivity contribution < 1.29 is 9.53 Å². The molecule has 0 aliphatic heterocycles. The third kappa shape index (κ3) is 5.98. The minimum Gasteiger partial charge on any atom is -0.460 e. The van der Waals surface area contributed by atoms with Crippen molar-refractivity contribution in [3.8, 4) is 0 Å². The highest BCUT2D eigenvalue weighted by molar-refractivity contribution is 5.89. The predicted octanol–water partition coefficient (Wildman–Crippen LogP) is 4.29. The number of hydrogen-bond acceptors (Lipinski definition) is 3. The predicted molar refractivity (Wildman–Crippen MR) is 95.1 cm³/mol. The van der Waals surface area contributed by atoms with Crippen LogP contribution in [0.15, 0.2) is 24.3 Å². The van der Waals surface area contributed by atoms with Gasteiger partial charge in [0.15, 0.2) is 0 Å². The number of nitrogens with zero attached hydrogens (tertiary/aromatic N) is 1. The van der Waals surface area contributed by atoms with Crippen LogP contribution in [0.4, 0.5) is 0 Å². The van der Waals surface area contributed by atoms with Crippen LogP contribution in [0.2, 0.25) is 0 Å². The van der Waals surface area contributed by atoms with E-state index in [1.807, 2.05) is 24.3 Å². The lowest BCUT2D eigenvalue weighted by atomic mass is 9.87. The van der Waals surface area contributed by atoms with Gasteiger partial charge in [-0.05, 0) is 43.1 Å². The van der Waals surface area contributed by atoms with Crippen LogP contribution in [0.5, 0.6) is 0 Å². The van der Waals surface area contributed by atoms with Crippen molar-refractivity contribution in [2.75, 3.05) is 19.7 Å². The summed E-state index contributed by atoms with van der Waals surface area (Å²) in [6.45, 7) is 15.2. The lowest BCUT2D eigenvalue weighted by Gasteiger charge is -2.25. The summed E-state index contributed by atoms with van der Waals surface area (Å²) in [6, 6.07) is 7.96. The van der Waals surface area contributed by atoms with E-state index in [1.54, 1.807) is 0 Å². The molecule has 1 rings (SSSR count). The molecule has 22 heavy (non-hydrogen) atoms. The zero-order chi connectivity index (χ0) is 16.0. The number of benzene rings is 1. The molecule has 0 aliphatic rings. The summed E-state index contributed by atoms with van der Waals surface area (Å²) >= 11 is 0. The molecule has 4 heteroatoms. The maximum atomic E-state index is 12.1. The van der Waals surface area contributed by atoms with Crippen LogP contribution in [0.25, 0.3) is 0 Å². The first-order chi connectivity index (χ1) is 9.79. The molecule has 1 aromatic rings. The molecule has 1 unspecified atom stereocenters. The molecule has 3 nitrogen and oxygen atoms in total. The van der Waals surface area contributed by atoms with E-state index in [2.05, 4.69) is 46.4 Å². The smallest absolute Gasteiger partial charge is 0.338 e. The van der Waals surface area contributed by atoms with Crippen LogP contribution in [-0.4, -0.2) is 36.6 Å². The van der Waals surface area contributed by atoms with E-state index in [0.29, 0.717) is 12.2 Å². The van der Waals surface area contributed by atoms with Gasteiger partial charge in [0, 0.05) is 6.04 Å². The van der Waals surface area contributed by atoms with Crippen LogP contribution in [0.3, 0.4) is 0 Å². The molecule has 0 aromatic heterocycles. The minimum absolute atomic E-state index is 0. The van der Waals surface area contributed by atoms with E-state index in [1.165, 1.54) is 5.56 Å². The number of esters is 1. The highest BCUT2D eigenvalue weighted by atomic mass is 35.5. The van der Waals surface area contributed by atoms with Gasteiger partial charge in [0.25, 0.3) is 0 Å². The lowest BCUT2D eigenvalue weighted by molar-refractivity contribution is 0.0381. The summed E-state index contributed by atoms with van der Waals surface area (Å²) in [6.07, 6.45) is 0. The fourth-order valence-electron chi connectivity index (χ4n) is 2.34. The second-order valence-electron chi connectivity index (χ2n) is 6.50. The molecule has 0 saturated carbocycles. The second kappa shape index (κ2) is 9.16. The summed E-state index contributed by atoms with van der Waals surface area (Å²) in [5, 5.41) is 0. The Kier molecular flexibility index (Phi) is 8.72. The Balaban J connectivity index is 0.00000441. The number of carbonyl (C=O) groups excluding carboxylic acids is 1. The first-order valence-corrected chi connectivity index (χ1v) is 7.81. The third-order valence-electron chi connectivity index (χ3n) is 3.88. The number of hydrogen-bond donors (Lipinski definition) is 0. The molecule has 0 bridgehead atoms. The van der Waals surface area contributed by atoms with Gasteiger partial charge in [0.2, 0.25) is 0 Å². The van der Waals surface area contributed by atoms with Gasteiger partial charge in [-0.25, -0.2) is 4.79 Å².